The van der Waals surface area contributed by atoms with Gasteiger partial charge in [0.15, 0.2) is 5.05 Å². The van der Waals surface area contributed by atoms with Crippen LogP contribution < -0.4 is 5.32 Å². The second-order valence-electron chi connectivity index (χ2n) is 6.07. The Morgan fingerprint density at radius 3 is 2.58 bits per heavy atom. The molecule has 134 valence electrons. The van der Waals surface area contributed by atoms with Gasteiger partial charge in [-0.2, -0.15) is 0 Å². The predicted molar refractivity (Wildman–Crippen MR) is 101 cm³/mol. The number of carbonyl (C=O) groups excluding carboxylic acids is 1. The molecule has 2 unspecified atom stereocenters. The topological polar surface area (TPSA) is 38.3 Å². The first-order valence-electron chi connectivity index (χ1n) is 8.24. The van der Waals surface area contributed by atoms with Gasteiger partial charge in [0.25, 0.3) is 0 Å². The average Bonchev–Trinajstić information content (AvgIpc) is 2.51. The van der Waals surface area contributed by atoms with Crippen molar-refractivity contribution in [2.75, 3.05) is 5.32 Å². The minimum absolute atomic E-state index is 0.0198. The lowest BCUT2D eigenvalue weighted by Gasteiger charge is -2.15. The summed E-state index contributed by atoms with van der Waals surface area (Å²) < 4.78 is 19.6. The maximum atomic E-state index is 14.0. The number of halogens is 2. The summed E-state index contributed by atoms with van der Waals surface area (Å²) in [6, 6.07) is 2.72. The number of carbonyl (C=O) groups is 1. The maximum absolute atomic E-state index is 14.0. The number of nitrogens with one attached hydrogen (secondary N) is 1. The Morgan fingerprint density at radius 1 is 1.33 bits per heavy atom. The van der Waals surface area contributed by atoms with Crippen molar-refractivity contribution in [1.82, 2.24) is 0 Å². The number of benzene rings is 1. The fourth-order valence-electron chi connectivity index (χ4n) is 1.99. The Labute approximate surface area is 153 Å². The number of amides is 1. The molecule has 2 atom stereocenters. The molecule has 1 aromatic rings. The molecule has 0 fully saturated rings. The number of rotatable bonds is 8. The normalized spacial score (nSPS) is 13.2. The third kappa shape index (κ3) is 6.73. The smallest absolute Gasteiger partial charge is 0.224 e. The van der Waals surface area contributed by atoms with E-state index in [4.69, 9.17) is 28.6 Å². The van der Waals surface area contributed by atoms with E-state index in [0.717, 1.165) is 12.8 Å². The molecule has 0 aliphatic heterocycles. The van der Waals surface area contributed by atoms with Gasteiger partial charge in [0.1, 0.15) is 5.82 Å². The zero-order chi connectivity index (χ0) is 18.3. The molecule has 1 aromatic carbocycles. The quantitative estimate of drug-likeness (QED) is 0.608. The lowest BCUT2D eigenvalue weighted by Crippen LogP contribution is -2.17. The molecule has 0 aliphatic rings. The summed E-state index contributed by atoms with van der Waals surface area (Å²) in [7, 11) is 0. The van der Waals surface area contributed by atoms with Crippen molar-refractivity contribution >= 4 is 40.5 Å². The standard InChI is InChI=1S/C18H25ClFNO2S/c1-5-11(3)7-17(22)21-16-8-13(14(19)10-15(16)20)9-18(24)23-12(4)6-2/h8,10-12H,5-7,9H2,1-4H3,(H,21,22). The van der Waals surface area contributed by atoms with Crippen molar-refractivity contribution < 1.29 is 13.9 Å². The van der Waals surface area contributed by atoms with E-state index in [1.807, 2.05) is 27.7 Å². The largest absolute Gasteiger partial charge is 0.484 e. The Balaban J connectivity index is 2.85. The highest BCUT2D eigenvalue weighted by Crippen LogP contribution is 2.26. The van der Waals surface area contributed by atoms with E-state index in [2.05, 4.69) is 5.32 Å². The van der Waals surface area contributed by atoms with Gasteiger partial charge in [-0.05, 0) is 49.2 Å². The van der Waals surface area contributed by atoms with Gasteiger partial charge in [0.2, 0.25) is 5.91 Å². The van der Waals surface area contributed by atoms with Crippen LogP contribution in [-0.2, 0) is 16.0 Å². The molecule has 0 bridgehead atoms. The van der Waals surface area contributed by atoms with Crippen molar-refractivity contribution in [1.29, 1.82) is 0 Å². The molecule has 24 heavy (non-hydrogen) atoms. The molecule has 0 saturated heterocycles. The highest BCUT2D eigenvalue weighted by Gasteiger charge is 2.15. The van der Waals surface area contributed by atoms with Gasteiger partial charge in [0.05, 0.1) is 11.8 Å². The Hall–Kier alpha value is -1.20. The van der Waals surface area contributed by atoms with Crippen LogP contribution in [0.3, 0.4) is 0 Å². The van der Waals surface area contributed by atoms with E-state index in [1.165, 1.54) is 12.1 Å². The van der Waals surface area contributed by atoms with Gasteiger partial charge >= 0.3 is 0 Å². The van der Waals surface area contributed by atoms with Crippen LogP contribution in [0.5, 0.6) is 0 Å². The summed E-state index contributed by atoms with van der Waals surface area (Å²) in [5.41, 5.74) is 0.749. The third-order valence-corrected chi connectivity index (χ3v) is 4.48. The van der Waals surface area contributed by atoms with Gasteiger partial charge < -0.3 is 10.1 Å². The molecule has 0 spiro atoms. The zero-order valence-corrected chi connectivity index (χ0v) is 16.2. The molecular weight excluding hydrogens is 349 g/mol. The van der Waals surface area contributed by atoms with Gasteiger partial charge in [0, 0.05) is 17.9 Å². The van der Waals surface area contributed by atoms with Crippen molar-refractivity contribution in [3.63, 3.8) is 0 Å². The predicted octanol–water partition coefficient (Wildman–Crippen LogP) is 5.54. The van der Waals surface area contributed by atoms with E-state index >= 15 is 0 Å². The summed E-state index contributed by atoms with van der Waals surface area (Å²) in [6.07, 6.45) is 2.40. The van der Waals surface area contributed by atoms with E-state index in [1.54, 1.807) is 0 Å². The second-order valence-corrected chi connectivity index (χ2v) is 6.94. The molecule has 1 amide bonds. The number of hydrogen-bond donors (Lipinski definition) is 1. The molecule has 0 saturated carbocycles. The molecule has 0 aliphatic carbocycles. The lowest BCUT2D eigenvalue weighted by atomic mass is 10.0. The Kier molecular flexibility index (Phi) is 8.63. The van der Waals surface area contributed by atoms with Crippen LogP contribution in [0.25, 0.3) is 0 Å². The Bertz CT molecular complexity index is 547. The number of hydrogen-bond acceptors (Lipinski definition) is 3. The van der Waals surface area contributed by atoms with E-state index in [-0.39, 0.29) is 28.6 Å². The minimum atomic E-state index is -0.560. The molecule has 0 heterocycles. The lowest BCUT2D eigenvalue weighted by molar-refractivity contribution is -0.117. The second kappa shape index (κ2) is 9.94. The van der Waals surface area contributed by atoms with Gasteiger partial charge in [-0.25, -0.2) is 4.39 Å². The summed E-state index contributed by atoms with van der Waals surface area (Å²) >= 11 is 11.3. The first kappa shape index (κ1) is 20.8. The summed E-state index contributed by atoms with van der Waals surface area (Å²) in [6.45, 7) is 7.92. The van der Waals surface area contributed by atoms with Crippen LogP contribution in [0.4, 0.5) is 10.1 Å². The zero-order valence-electron chi connectivity index (χ0n) is 14.6. The fourth-order valence-corrected chi connectivity index (χ4v) is 2.53. The number of thiocarbonyl (C=S) groups is 1. The van der Waals surface area contributed by atoms with E-state index < -0.39 is 5.82 Å². The number of anilines is 1. The van der Waals surface area contributed by atoms with Crippen LogP contribution in [0, 0.1) is 11.7 Å². The molecule has 6 heteroatoms. The first-order chi connectivity index (χ1) is 11.3. The molecule has 0 aromatic heterocycles. The van der Waals surface area contributed by atoms with Gasteiger partial charge in [-0.1, -0.05) is 38.8 Å². The molecular formula is C18H25ClFNO2S. The monoisotopic (exact) mass is 373 g/mol. The van der Waals surface area contributed by atoms with E-state index in [9.17, 15) is 9.18 Å². The highest BCUT2D eigenvalue weighted by molar-refractivity contribution is 7.80. The SMILES string of the molecule is CCC(C)CC(=O)Nc1cc(CC(=S)OC(C)CC)c(Cl)cc1F. The van der Waals surface area contributed by atoms with Crippen LogP contribution >= 0.6 is 23.8 Å². The van der Waals surface area contributed by atoms with Crippen LogP contribution in [0.15, 0.2) is 12.1 Å². The molecule has 3 nitrogen and oxygen atoms in total. The third-order valence-electron chi connectivity index (χ3n) is 3.88. The van der Waals surface area contributed by atoms with Crippen molar-refractivity contribution in [3.05, 3.63) is 28.5 Å². The van der Waals surface area contributed by atoms with Crippen molar-refractivity contribution in [2.45, 2.75) is 59.5 Å². The van der Waals surface area contributed by atoms with Crippen molar-refractivity contribution in [2.24, 2.45) is 5.92 Å². The maximum Gasteiger partial charge on any atom is 0.224 e. The molecule has 1 N–H and O–H groups in total. The van der Waals surface area contributed by atoms with Gasteiger partial charge in [-0.3, -0.25) is 4.79 Å². The van der Waals surface area contributed by atoms with E-state index in [0.29, 0.717) is 23.5 Å². The summed E-state index contributed by atoms with van der Waals surface area (Å²) in [4.78, 5) is 12.0. The molecule has 0 radical (unpaired) electrons. The van der Waals surface area contributed by atoms with Gasteiger partial charge in [-0.15, -0.1) is 0 Å². The fraction of sp³-hybridized carbons (Fsp3) is 0.556. The minimum Gasteiger partial charge on any atom is -0.484 e. The summed E-state index contributed by atoms with van der Waals surface area (Å²) in [5.74, 6) is -0.527. The summed E-state index contributed by atoms with van der Waals surface area (Å²) in [5, 5.41) is 3.28. The average molecular weight is 374 g/mol. The van der Waals surface area contributed by atoms with Crippen LogP contribution in [0.1, 0.15) is 52.5 Å². The van der Waals surface area contributed by atoms with Crippen LogP contribution in [0.2, 0.25) is 5.02 Å². The molecule has 1 rings (SSSR count). The highest BCUT2D eigenvalue weighted by atomic mass is 35.5. The first-order valence-corrected chi connectivity index (χ1v) is 9.02. The number of ether oxygens (including phenoxy) is 1. The van der Waals surface area contributed by atoms with Crippen molar-refractivity contribution in [3.8, 4) is 0 Å². The van der Waals surface area contributed by atoms with Crippen LogP contribution in [-0.4, -0.2) is 17.1 Å². The Morgan fingerprint density at radius 2 is 2.00 bits per heavy atom.